The molecule has 0 saturated carbocycles. The Morgan fingerprint density at radius 3 is 2.56 bits per heavy atom. The highest BCUT2D eigenvalue weighted by atomic mass is 19.1. The van der Waals surface area contributed by atoms with Crippen molar-refractivity contribution in [2.24, 2.45) is 5.92 Å². The Balaban J connectivity index is 1.60. The van der Waals surface area contributed by atoms with Crippen LogP contribution in [0.25, 0.3) is 0 Å². The number of benzene rings is 2. The van der Waals surface area contributed by atoms with Crippen LogP contribution in [0, 0.1) is 11.7 Å². The number of carbonyl (C=O) groups excluding carboxylic acids is 1. The summed E-state index contributed by atoms with van der Waals surface area (Å²) < 4.78 is 23.8. The lowest BCUT2D eigenvalue weighted by molar-refractivity contribution is -0.124. The van der Waals surface area contributed by atoms with Crippen LogP contribution in [0.2, 0.25) is 0 Å². The molecule has 2 atom stereocenters. The van der Waals surface area contributed by atoms with Crippen LogP contribution in [-0.4, -0.2) is 38.2 Å². The van der Waals surface area contributed by atoms with Gasteiger partial charge in [0.2, 0.25) is 12.7 Å². The second kappa shape index (κ2) is 8.39. The summed E-state index contributed by atoms with van der Waals surface area (Å²) in [7, 11) is 3.95. The molecule has 1 aliphatic rings. The van der Waals surface area contributed by atoms with E-state index in [1.54, 1.807) is 12.1 Å². The molecule has 0 spiro atoms. The van der Waals surface area contributed by atoms with Gasteiger partial charge in [0, 0.05) is 12.5 Å². The molecule has 144 valence electrons. The fourth-order valence-corrected chi connectivity index (χ4v) is 3.16. The van der Waals surface area contributed by atoms with E-state index in [4.69, 9.17) is 9.47 Å². The molecule has 6 heteroatoms. The molecule has 1 N–H and O–H groups in total. The number of fused-ring (bicyclic) bond motifs is 1. The van der Waals surface area contributed by atoms with Gasteiger partial charge < -0.3 is 19.7 Å². The fraction of sp³-hybridized carbons (Fsp3) is 0.381. The molecular formula is C21H25FN2O3. The molecule has 0 bridgehead atoms. The Morgan fingerprint density at radius 2 is 1.85 bits per heavy atom. The molecular weight excluding hydrogens is 347 g/mol. The highest BCUT2D eigenvalue weighted by Crippen LogP contribution is 2.34. The molecule has 0 fully saturated rings. The first-order chi connectivity index (χ1) is 12.9. The lowest BCUT2D eigenvalue weighted by Crippen LogP contribution is -2.37. The van der Waals surface area contributed by atoms with Gasteiger partial charge in [-0.15, -0.1) is 0 Å². The molecule has 1 heterocycles. The normalized spacial score (nSPS) is 14.9. The van der Waals surface area contributed by atoms with Gasteiger partial charge in [-0.25, -0.2) is 4.39 Å². The maximum absolute atomic E-state index is 13.0. The molecule has 1 amide bonds. The maximum Gasteiger partial charge on any atom is 0.231 e. The van der Waals surface area contributed by atoms with E-state index in [1.165, 1.54) is 12.1 Å². The van der Waals surface area contributed by atoms with Crippen molar-refractivity contribution >= 4 is 5.91 Å². The molecule has 0 aliphatic carbocycles. The number of nitrogens with one attached hydrogen (secondary N) is 1. The summed E-state index contributed by atoms with van der Waals surface area (Å²) in [4.78, 5) is 14.6. The summed E-state index contributed by atoms with van der Waals surface area (Å²) >= 11 is 0. The first kappa shape index (κ1) is 19.2. The van der Waals surface area contributed by atoms with Gasteiger partial charge in [0.1, 0.15) is 5.82 Å². The average Bonchev–Trinajstić information content (AvgIpc) is 3.11. The van der Waals surface area contributed by atoms with E-state index in [0.29, 0.717) is 13.0 Å². The van der Waals surface area contributed by atoms with Gasteiger partial charge in [-0.05, 0) is 55.9 Å². The third kappa shape index (κ3) is 4.77. The number of carbonyl (C=O) groups is 1. The number of ether oxygens (including phenoxy) is 2. The summed E-state index contributed by atoms with van der Waals surface area (Å²) in [5, 5.41) is 3.03. The van der Waals surface area contributed by atoms with Crippen LogP contribution in [0.1, 0.15) is 24.1 Å². The van der Waals surface area contributed by atoms with Crippen LogP contribution >= 0.6 is 0 Å². The van der Waals surface area contributed by atoms with Crippen molar-refractivity contribution in [1.29, 1.82) is 0 Å². The molecule has 0 aromatic heterocycles. The molecule has 2 aromatic carbocycles. The number of amides is 1. The second-order valence-corrected chi connectivity index (χ2v) is 7.07. The lowest BCUT2D eigenvalue weighted by atomic mass is 9.99. The van der Waals surface area contributed by atoms with Crippen LogP contribution in [0.4, 0.5) is 4.39 Å². The van der Waals surface area contributed by atoms with E-state index in [0.717, 1.165) is 22.6 Å². The summed E-state index contributed by atoms with van der Waals surface area (Å²) in [5.74, 6) is 0.985. The topological polar surface area (TPSA) is 50.8 Å². The average molecular weight is 372 g/mol. The van der Waals surface area contributed by atoms with Crippen LogP contribution in [0.3, 0.4) is 0 Å². The number of likely N-dealkylation sites (N-methyl/N-ethyl adjacent to an activating group) is 1. The molecule has 0 saturated heterocycles. The highest BCUT2D eigenvalue weighted by molar-refractivity contribution is 5.78. The number of rotatable bonds is 7. The third-order valence-electron chi connectivity index (χ3n) is 4.78. The van der Waals surface area contributed by atoms with Crippen LogP contribution in [0.5, 0.6) is 11.5 Å². The molecule has 0 radical (unpaired) electrons. The quantitative estimate of drug-likeness (QED) is 0.811. The molecule has 3 rings (SSSR count). The van der Waals surface area contributed by atoms with Crippen molar-refractivity contribution in [3.8, 4) is 11.5 Å². The minimum absolute atomic E-state index is 0.0153. The third-order valence-corrected chi connectivity index (χ3v) is 4.78. The zero-order valence-corrected chi connectivity index (χ0v) is 15.9. The standard InChI is InChI=1S/C21H25FN2O3/c1-14(10-15-4-7-17(22)8-5-15)21(25)23-12-18(24(2)3)16-6-9-19-20(11-16)27-13-26-19/h4-9,11,14,18H,10,12-13H2,1-3H3,(H,23,25). The maximum atomic E-state index is 13.0. The minimum Gasteiger partial charge on any atom is -0.454 e. The van der Waals surface area contributed by atoms with E-state index in [9.17, 15) is 9.18 Å². The van der Waals surface area contributed by atoms with Crippen molar-refractivity contribution in [3.63, 3.8) is 0 Å². The second-order valence-electron chi connectivity index (χ2n) is 7.07. The Bertz CT molecular complexity index is 793. The zero-order valence-electron chi connectivity index (χ0n) is 15.9. The van der Waals surface area contributed by atoms with E-state index >= 15 is 0 Å². The predicted octanol–water partition coefficient (Wildman–Crippen LogP) is 3.15. The van der Waals surface area contributed by atoms with Gasteiger partial charge in [-0.1, -0.05) is 25.1 Å². The van der Waals surface area contributed by atoms with E-state index < -0.39 is 0 Å². The van der Waals surface area contributed by atoms with Gasteiger partial charge in [-0.3, -0.25) is 4.79 Å². The van der Waals surface area contributed by atoms with Crippen molar-refractivity contribution in [1.82, 2.24) is 10.2 Å². The monoisotopic (exact) mass is 372 g/mol. The first-order valence-corrected chi connectivity index (χ1v) is 9.02. The van der Waals surface area contributed by atoms with Gasteiger partial charge in [0.05, 0.1) is 6.04 Å². The van der Waals surface area contributed by atoms with Gasteiger partial charge >= 0.3 is 0 Å². The first-order valence-electron chi connectivity index (χ1n) is 9.02. The molecule has 27 heavy (non-hydrogen) atoms. The SMILES string of the molecule is CC(Cc1ccc(F)cc1)C(=O)NCC(c1ccc2c(c1)OCO2)N(C)C. The lowest BCUT2D eigenvalue weighted by Gasteiger charge is -2.26. The van der Waals surface area contributed by atoms with Crippen molar-refractivity contribution < 1.29 is 18.7 Å². The van der Waals surface area contributed by atoms with Crippen molar-refractivity contribution in [3.05, 3.63) is 59.4 Å². The van der Waals surface area contributed by atoms with Gasteiger partial charge in [-0.2, -0.15) is 0 Å². The molecule has 2 unspecified atom stereocenters. The van der Waals surface area contributed by atoms with Gasteiger partial charge in [0.25, 0.3) is 0 Å². The molecule has 2 aromatic rings. The largest absolute Gasteiger partial charge is 0.454 e. The molecule has 5 nitrogen and oxygen atoms in total. The highest BCUT2D eigenvalue weighted by Gasteiger charge is 2.21. The predicted molar refractivity (Wildman–Crippen MR) is 101 cm³/mol. The van der Waals surface area contributed by atoms with E-state index in [1.807, 2.05) is 39.2 Å². The van der Waals surface area contributed by atoms with Gasteiger partial charge in [0.15, 0.2) is 11.5 Å². The Hall–Kier alpha value is -2.60. The number of nitrogens with zero attached hydrogens (tertiary/aromatic N) is 1. The Kier molecular flexibility index (Phi) is 5.96. The van der Waals surface area contributed by atoms with Crippen LogP contribution in [-0.2, 0) is 11.2 Å². The Morgan fingerprint density at radius 1 is 1.15 bits per heavy atom. The van der Waals surface area contributed by atoms with Crippen molar-refractivity contribution in [2.75, 3.05) is 27.4 Å². The molecule has 1 aliphatic heterocycles. The zero-order chi connectivity index (χ0) is 19.4. The summed E-state index contributed by atoms with van der Waals surface area (Å²) in [6.45, 7) is 2.60. The van der Waals surface area contributed by atoms with Crippen LogP contribution < -0.4 is 14.8 Å². The van der Waals surface area contributed by atoms with Crippen LogP contribution in [0.15, 0.2) is 42.5 Å². The fourth-order valence-electron chi connectivity index (χ4n) is 3.16. The van der Waals surface area contributed by atoms with E-state index in [2.05, 4.69) is 10.2 Å². The van der Waals surface area contributed by atoms with Crippen molar-refractivity contribution in [2.45, 2.75) is 19.4 Å². The summed E-state index contributed by atoms with van der Waals surface area (Å²) in [5.41, 5.74) is 2.00. The number of halogens is 1. The smallest absolute Gasteiger partial charge is 0.231 e. The number of hydrogen-bond acceptors (Lipinski definition) is 4. The summed E-state index contributed by atoms with van der Waals surface area (Å²) in [6, 6.07) is 12.1. The minimum atomic E-state index is -0.270. The number of hydrogen-bond donors (Lipinski definition) is 1. The Labute approximate surface area is 159 Å². The van der Waals surface area contributed by atoms with E-state index in [-0.39, 0.29) is 30.5 Å². The summed E-state index contributed by atoms with van der Waals surface area (Å²) in [6.07, 6.45) is 0.572.